The maximum absolute atomic E-state index is 13.6. The number of nitrogens with one attached hydrogen (secondary N) is 2. The van der Waals surface area contributed by atoms with Gasteiger partial charge in [0.25, 0.3) is 5.91 Å². The first-order valence-corrected chi connectivity index (χ1v) is 7.52. The number of amides is 1. The molecule has 0 radical (unpaired) electrons. The van der Waals surface area contributed by atoms with Gasteiger partial charge in [0.2, 0.25) is 10.0 Å². The topological polar surface area (TPSA) is 75.3 Å². The summed E-state index contributed by atoms with van der Waals surface area (Å²) in [6.07, 6.45) is 1.52. The average molecular weight is 286 g/mol. The van der Waals surface area contributed by atoms with E-state index in [-0.39, 0.29) is 11.6 Å². The molecule has 19 heavy (non-hydrogen) atoms. The lowest BCUT2D eigenvalue weighted by Gasteiger charge is -2.08. The number of rotatable bonds is 5. The van der Waals surface area contributed by atoms with Crippen LogP contribution in [0.5, 0.6) is 0 Å². The van der Waals surface area contributed by atoms with Crippen LogP contribution < -0.4 is 10.0 Å². The highest BCUT2D eigenvalue weighted by molar-refractivity contribution is 7.89. The molecule has 2 rings (SSSR count). The van der Waals surface area contributed by atoms with Crippen molar-refractivity contribution in [2.24, 2.45) is 0 Å². The zero-order valence-electron chi connectivity index (χ0n) is 10.4. The Morgan fingerprint density at radius 2 is 2.11 bits per heavy atom. The summed E-state index contributed by atoms with van der Waals surface area (Å²) in [4.78, 5) is 11.1. The Kier molecular flexibility index (Phi) is 3.86. The number of benzene rings is 1. The van der Waals surface area contributed by atoms with Crippen LogP contribution in [0.2, 0.25) is 0 Å². The van der Waals surface area contributed by atoms with Gasteiger partial charge in [-0.2, -0.15) is 0 Å². The molecule has 0 atom stereocenters. The summed E-state index contributed by atoms with van der Waals surface area (Å²) >= 11 is 0. The van der Waals surface area contributed by atoms with Gasteiger partial charge in [-0.3, -0.25) is 4.79 Å². The lowest BCUT2D eigenvalue weighted by molar-refractivity contribution is 0.0955. The maximum Gasteiger partial charge on any atom is 0.251 e. The Labute approximate surface area is 111 Å². The summed E-state index contributed by atoms with van der Waals surface area (Å²) in [6.45, 7) is 2.16. The molecule has 2 N–H and O–H groups in total. The van der Waals surface area contributed by atoms with Crippen LogP contribution in [0.3, 0.4) is 0 Å². The molecule has 0 saturated heterocycles. The van der Waals surface area contributed by atoms with E-state index >= 15 is 0 Å². The van der Waals surface area contributed by atoms with E-state index in [4.69, 9.17) is 0 Å². The lowest BCUT2D eigenvalue weighted by atomic mass is 10.2. The molecular formula is C12H15FN2O3S. The summed E-state index contributed by atoms with van der Waals surface area (Å²) in [5, 5.41) is 2.54. The Morgan fingerprint density at radius 1 is 1.42 bits per heavy atom. The average Bonchev–Trinajstić information content (AvgIpc) is 3.12. The Balaban J connectivity index is 2.33. The van der Waals surface area contributed by atoms with Crippen LogP contribution in [0, 0.1) is 5.82 Å². The first kappa shape index (κ1) is 14.0. The van der Waals surface area contributed by atoms with Crippen molar-refractivity contribution in [2.75, 3.05) is 6.54 Å². The molecule has 1 saturated carbocycles. The van der Waals surface area contributed by atoms with E-state index in [1.807, 2.05) is 0 Å². The summed E-state index contributed by atoms with van der Waals surface area (Å²) in [5.74, 6) is -1.29. The van der Waals surface area contributed by atoms with Gasteiger partial charge in [-0.25, -0.2) is 17.5 Å². The minimum absolute atomic E-state index is 0.113. The molecule has 1 aromatic rings. The van der Waals surface area contributed by atoms with Crippen LogP contribution >= 0.6 is 0 Å². The van der Waals surface area contributed by atoms with E-state index in [0.717, 1.165) is 25.0 Å². The Morgan fingerprint density at radius 3 is 2.68 bits per heavy atom. The molecule has 0 heterocycles. The van der Waals surface area contributed by atoms with Crippen molar-refractivity contribution in [3.8, 4) is 0 Å². The van der Waals surface area contributed by atoms with Gasteiger partial charge in [0.05, 0.1) is 0 Å². The van der Waals surface area contributed by atoms with Gasteiger partial charge in [0.1, 0.15) is 10.7 Å². The van der Waals surface area contributed by atoms with Gasteiger partial charge < -0.3 is 5.32 Å². The number of carbonyl (C=O) groups is 1. The van der Waals surface area contributed by atoms with Gasteiger partial charge in [-0.05, 0) is 38.0 Å². The predicted molar refractivity (Wildman–Crippen MR) is 67.8 cm³/mol. The van der Waals surface area contributed by atoms with E-state index < -0.39 is 26.6 Å². The molecule has 1 aliphatic rings. The third-order valence-electron chi connectivity index (χ3n) is 2.72. The first-order chi connectivity index (χ1) is 8.94. The van der Waals surface area contributed by atoms with Crippen molar-refractivity contribution in [3.63, 3.8) is 0 Å². The minimum atomic E-state index is -3.90. The number of hydrogen-bond donors (Lipinski definition) is 2. The molecule has 0 bridgehead atoms. The predicted octanol–water partition coefficient (Wildman–Crippen LogP) is 1.02. The molecule has 1 amide bonds. The highest BCUT2D eigenvalue weighted by atomic mass is 32.2. The van der Waals surface area contributed by atoms with Crippen LogP contribution in [0.25, 0.3) is 0 Å². The van der Waals surface area contributed by atoms with Crippen molar-refractivity contribution >= 4 is 15.9 Å². The number of hydrogen-bond acceptors (Lipinski definition) is 3. The third-order valence-corrected chi connectivity index (χ3v) is 4.25. The molecule has 104 valence electrons. The second kappa shape index (κ2) is 5.26. The molecule has 1 aromatic carbocycles. The molecule has 0 unspecified atom stereocenters. The maximum atomic E-state index is 13.6. The summed E-state index contributed by atoms with van der Waals surface area (Å²) in [6, 6.07) is 3.20. The van der Waals surface area contributed by atoms with Crippen LogP contribution in [-0.2, 0) is 10.0 Å². The van der Waals surface area contributed by atoms with Crippen molar-refractivity contribution in [3.05, 3.63) is 29.6 Å². The number of sulfonamides is 1. The molecule has 0 aliphatic heterocycles. The molecular weight excluding hydrogens is 271 g/mol. The van der Waals surface area contributed by atoms with Crippen molar-refractivity contribution in [2.45, 2.75) is 30.7 Å². The second-order valence-corrected chi connectivity index (χ2v) is 6.08. The summed E-state index contributed by atoms with van der Waals surface area (Å²) < 4.78 is 39.9. The fourth-order valence-corrected chi connectivity index (χ4v) is 3.01. The van der Waals surface area contributed by atoms with Crippen molar-refractivity contribution < 1.29 is 17.6 Å². The molecule has 0 aromatic heterocycles. The van der Waals surface area contributed by atoms with Crippen molar-refractivity contribution in [1.29, 1.82) is 0 Å². The highest BCUT2D eigenvalue weighted by Gasteiger charge is 2.30. The van der Waals surface area contributed by atoms with E-state index in [0.29, 0.717) is 6.54 Å². The van der Waals surface area contributed by atoms with Crippen LogP contribution in [-0.4, -0.2) is 26.9 Å². The van der Waals surface area contributed by atoms with Gasteiger partial charge in [-0.1, -0.05) is 0 Å². The minimum Gasteiger partial charge on any atom is -0.352 e. The zero-order chi connectivity index (χ0) is 14.0. The third kappa shape index (κ3) is 3.30. The smallest absolute Gasteiger partial charge is 0.251 e. The van der Waals surface area contributed by atoms with Crippen LogP contribution in [0.15, 0.2) is 23.1 Å². The summed E-state index contributed by atoms with van der Waals surface area (Å²) in [7, 11) is -3.90. The summed E-state index contributed by atoms with van der Waals surface area (Å²) in [5.41, 5.74) is 0.124. The fraction of sp³-hybridized carbons (Fsp3) is 0.417. The van der Waals surface area contributed by atoms with E-state index in [9.17, 15) is 17.6 Å². The van der Waals surface area contributed by atoms with Gasteiger partial charge >= 0.3 is 0 Å². The highest BCUT2D eigenvalue weighted by Crippen LogP contribution is 2.23. The molecule has 5 nitrogen and oxygen atoms in total. The van der Waals surface area contributed by atoms with Crippen molar-refractivity contribution in [1.82, 2.24) is 10.0 Å². The molecule has 1 fully saturated rings. The number of halogens is 1. The van der Waals surface area contributed by atoms with E-state index in [1.165, 1.54) is 6.07 Å². The van der Waals surface area contributed by atoms with E-state index in [2.05, 4.69) is 10.0 Å². The zero-order valence-corrected chi connectivity index (χ0v) is 11.3. The molecule has 7 heteroatoms. The van der Waals surface area contributed by atoms with Crippen LogP contribution in [0.1, 0.15) is 30.1 Å². The van der Waals surface area contributed by atoms with Crippen LogP contribution in [0.4, 0.5) is 4.39 Å². The largest absolute Gasteiger partial charge is 0.352 e. The molecule has 0 spiro atoms. The normalized spacial score (nSPS) is 15.3. The Bertz CT molecular complexity index is 597. The fourth-order valence-electron chi connectivity index (χ4n) is 1.60. The van der Waals surface area contributed by atoms with Gasteiger partial charge in [-0.15, -0.1) is 0 Å². The number of carbonyl (C=O) groups excluding carboxylic acids is 1. The second-order valence-electron chi connectivity index (χ2n) is 4.40. The standard InChI is InChI=1S/C12H15FN2O3S/c1-2-14-12(16)8-3-6-10(13)11(7-8)19(17,18)15-9-4-5-9/h3,6-7,9,15H,2,4-5H2,1H3,(H,14,16). The Hall–Kier alpha value is -1.47. The van der Waals surface area contributed by atoms with Gasteiger partial charge in [0, 0.05) is 18.2 Å². The monoisotopic (exact) mass is 286 g/mol. The lowest BCUT2D eigenvalue weighted by Crippen LogP contribution is -2.28. The first-order valence-electron chi connectivity index (χ1n) is 6.04. The van der Waals surface area contributed by atoms with Gasteiger partial charge in [0.15, 0.2) is 0 Å². The molecule has 1 aliphatic carbocycles. The van der Waals surface area contributed by atoms with E-state index in [1.54, 1.807) is 6.92 Å². The SMILES string of the molecule is CCNC(=O)c1ccc(F)c(S(=O)(=O)NC2CC2)c1. The quantitative estimate of drug-likeness (QED) is 0.848.